The smallest absolute Gasteiger partial charge is 0.384 e. The lowest BCUT2D eigenvalue weighted by atomic mass is 10.5. The van der Waals surface area contributed by atoms with Gasteiger partial charge in [0.05, 0.1) is 0 Å². The molecule has 0 aromatic carbocycles. The first kappa shape index (κ1) is 9.56. The molecule has 0 amide bonds. The Bertz CT molecular complexity index is 309. The molecule has 3 N–H and O–H groups in total. The van der Waals surface area contributed by atoms with Gasteiger partial charge in [0.15, 0.2) is 0 Å². The van der Waals surface area contributed by atoms with Crippen molar-refractivity contribution < 1.29 is 13.2 Å². The average molecular weight is 192 g/mol. The maximum atomic E-state index is 12.1. The molecule has 0 aliphatic rings. The molecule has 1 heterocycles. The van der Waals surface area contributed by atoms with E-state index in [1.807, 2.05) is 0 Å². The third kappa shape index (κ3) is 2.20. The van der Waals surface area contributed by atoms with Gasteiger partial charge in [0, 0.05) is 13.1 Å². The molecule has 0 radical (unpaired) electrons. The zero-order valence-electron chi connectivity index (χ0n) is 6.68. The number of anilines is 2. The van der Waals surface area contributed by atoms with Crippen molar-refractivity contribution in [2.45, 2.75) is 6.18 Å². The Morgan fingerprint density at radius 3 is 2.46 bits per heavy atom. The molecule has 0 unspecified atom stereocenters. The van der Waals surface area contributed by atoms with Crippen molar-refractivity contribution in [3.05, 3.63) is 11.9 Å². The summed E-state index contributed by atoms with van der Waals surface area (Å²) in [5.41, 5.74) is 5.14. The summed E-state index contributed by atoms with van der Waals surface area (Å²) in [6.07, 6.45) is -4.57. The van der Waals surface area contributed by atoms with Gasteiger partial charge in [-0.05, 0) is 0 Å². The topological polar surface area (TPSA) is 63.8 Å². The van der Waals surface area contributed by atoms with Crippen LogP contribution in [0.4, 0.5) is 24.8 Å². The molecule has 0 bridgehead atoms. The van der Waals surface area contributed by atoms with Crippen LogP contribution >= 0.6 is 0 Å². The lowest BCUT2D eigenvalue weighted by Crippen LogP contribution is -2.13. The molecular weight excluding hydrogens is 185 g/mol. The first-order valence-electron chi connectivity index (χ1n) is 3.33. The van der Waals surface area contributed by atoms with Crippen LogP contribution in [0.1, 0.15) is 5.82 Å². The van der Waals surface area contributed by atoms with Crippen molar-refractivity contribution in [1.29, 1.82) is 0 Å². The standard InChI is InChI=1S/C6H7F3N4/c1-11-4-2-3(10)12-5(13-4)6(7,8)9/h2H,1H3,(H3,10,11,12,13). The predicted molar refractivity (Wildman–Crippen MR) is 41.0 cm³/mol. The molecule has 0 aliphatic carbocycles. The molecular formula is C6H7F3N4. The summed E-state index contributed by atoms with van der Waals surface area (Å²) >= 11 is 0. The quantitative estimate of drug-likeness (QED) is 0.699. The number of nitrogens with zero attached hydrogens (tertiary/aromatic N) is 2. The lowest BCUT2D eigenvalue weighted by Gasteiger charge is -2.07. The molecule has 0 saturated carbocycles. The molecule has 0 atom stereocenters. The summed E-state index contributed by atoms with van der Waals surface area (Å²) in [4.78, 5) is 6.25. The summed E-state index contributed by atoms with van der Waals surface area (Å²) in [5, 5.41) is 2.45. The Morgan fingerprint density at radius 1 is 1.38 bits per heavy atom. The summed E-state index contributed by atoms with van der Waals surface area (Å²) in [6, 6.07) is 1.22. The van der Waals surface area contributed by atoms with Gasteiger partial charge in [0.1, 0.15) is 11.6 Å². The maximum absolute atomic E-state index is 12.1. The van der Waals surface area contributed by atoms with E-state index in [0.29, 0.717) is 0 Å². The molecule has 4 nitrogen and oxygen atoms in total. The highest BCUT2D eigenvalue weighted by atomic mass is 19.4. The zero-order valence-corrected chi connectivity index (χ0v) is 6.68. The fraction of sp³-hybridized carbons (Fsp3) is 0.333. The number of nitrogens with two attached hydrogens (primary N) is 1. The van der Waals surface area contributed by atoms with E-state index < -0.39 is 12.0 Å². The number of rotatable bonds is 1. The van der Waals surface area contributed by atoms with Crippen molar-refractivity contribution >= 4 is 11.6 Å². The summed E-state index contributed by atoms with van der Waals surface area (Å²) in [7, 11) is 1.45. The zero-order chi connectivity index (χ0) is 10.1. The van der Waals surface area contributed by atoms with Gasteiger partial charge in [0.2, 0.25) is 5.82 Å². The molecule has 0 aliphatic heterocycles. The van der Waals surface area contributed by atoms with Gasteiger partial charge in [0.25, 0.3) is 0 Å². The van der Waals surface area contributed by atoms with E-state index in [2.05, 4.69) is 15.3 Å². The molecule has 0 fully saturated rings. The number of nitrogens with one attached hydrogen (secondary N) is 1. The fourth-order valence-corrected chi connectivity index (χ4v) is 0.721. The van der Waals surface area contributed by atoms with Gasteiger partial charge in [-0.25, -0.2) is 9.97 Å². The Labute approximate surface area is 72.0 Å². The minimum atomic E-state index is -4.57. The highest BCUT2D eigenvalue weighted by Crippen LogP contribution is 2.27. The maximum Gasteiger partial charge on any atom is 0.451 e. The Hall–Kier alpha value is -1.53. The first-order valence-corrected chi connectivity index (χ1v) is 3.33. The molecule has 13 heavy (non-hydrogen) atoms. The number of hydrogen-bond donors (Lipinski definition) is 2. The highest BCUT2D eigenvalue weighted by molar-refractivity contribution is 5.44. The molecule has 72 valence electrons. The van der Waals surface area contributed by atoms with Crippen LogP contribution in [-0.4, -0.2) is 17.0 Å². The summed E-state index contributed by atoms with van der Waals surface area (Å²) in [6.45, 7) is 0. The van der Waals surface area contributed by atoms with Crippen LogP contribution in [0.3, 0.4) is 0 Å². The normalized spacial score (nSPS) is 11.4. The van der Waals surface area contributed by atoms with Gasteiger partial charge < -0.3 is 11.1 Å². The molecule has 1 aromatic rings. The van der Waals surface area contributed by atoms with Crippen LogP contribution in [0.2, 0.25) is 0 Å². The van der Waals surface area contributed by atoms with Gasteiger partial charge in [-0.3, -0.25) is 0 Å². The van der Waals surface area contributed by atoms with Crippen LogP contribution in [0.15, 0.2) is 6.07 Å². The molecule has 1 rings (SSSR count). The van der Waals surface area contributed by atoms with Crippen molar-refractivity contribution in [3.8, 4) is 0 Å². The third-order valence-electron chi connectivity index (χ3n) is 1.26. The van der Waals surface area contributed by atoms with E-state index in [4.69, 9.17) is 5.73 Å². The largest absolute Gasteiger partial charge is 0.451 e. The van der Waals surface area contributed by atoms with Crippen LogP contribution < -0.4 is 11.1 Å². The van der Waals surface area contributed by atoms with E-state index in [0.717, 1.165) is 0 Å². The monoisotopic (exact) mass is 192 g/mol. The van der Waals surface area contributed by atoms with Crippen molar-refractivity contribution in [2.75, 3.05) is 18.1 Å². The van der Waals surface area contributed by atoms with E-state index in [9.17, 15) is 13.2 Å². The van der Waals surface area contributed by atoms with Gasteiger partial charge in [-0.15, -0.1) is 0 Å². The Kier molecular flexibility index (Phi) is 2.26. The second-order valence-electron chi connectivity index (χ2n) is 2.25. The summed E-state index contributed by atoms with van der Waals surface area (Å²) in [5.74, 6) is -1.41. The highest BCUT2D eigenvalue weighted by Gasteiger charge is 2.35. The second-order valence-corrected chi connectivity index (χ2v) is 2.25. The van der Waals surface area contributed by atoms with Crippen LogP contribution in [0.5, 0.6) is 0 Å². The Balaban J connectivity index is 3.16. The Morgan fingerprint density at radius 2 is 2.00 bits per heavy atom. The first-order chi connectivity index (χ1) is 5.93. The van der Waals surface area contributed by atoms with E-state index in [-0.39, 0.29) is 11.6 Å². The minimum Gasteiger partial charge on any atom is -0.384 e. The SMILES string of the molecule is CNc1cc(N)nc(C(F)(F)F)n1. The third-order valence-corrected chi connectivity index (χ3v) is 1.26. The molecule has 7 heteroatoms. The summed E-state index contributed by atoms with van der Waals surface area (Å²) < 4.78 is 36.2. The van der Waals surface area contributed by atoms with Crippen LogP contribution in [-0.2, 0) is 6.18 Å². The lowest BCUT2D eigenvalue weighted by molar-refractivity contribution is -0.144. The number of alkyl halides is 3. The van der Waals surface area contributed by atoms with Gasteiger partial charge >= 0.3 is 6.18 Å². The van der Waals surface area contributed by atoms with E-state index in [1.165, 1.54) is 13.1 Å². The molecule has 1 aromatic heterocycles. The molecule has 0 spiro atoms. The number of halogens is 3. The van der Waals surface area contributed by atoms with E-state index in [1.54, 1.807) is 0 Å². The van der Waals surface area contributed by atoms with Gasteiger partial charge in [-0.1, -0.05) is 0 Å². The van der Waals surface area contributed by atoms with Gasteiger partial charge in [-0.2, -0.15) is 13.2 Å². The van der Waals surface area contributed by atoms with Crippen molar-refractivity contribution in [1.82, 2.24) is 9.97 Å². The number of nitrogen functional groups attached to an aromatic ring is 1. The minimum absolute atomic E-state index is 0.0415. The predicted octanol–water partition coefficient (Wildman–Crippen LogP) is 1.12. The van der Waals surface area contributed by atoms with Crippen LogP contribution in [0.25, 0.3) is 0 Å². The van der Waals surface area contributed by atoms with Crippen LogP contribution in [0, 0.1) is 0 Å². The van der Waals surface area contributed by atoms with E-state index >= 15 is 0 Å². The number of hydrogen-bond acceptors (Lipinski definition) is 4. The second kappa shape index (κ2) is 3.08. The fourth-order valence-electron chi connectivity index (χ4n) is 0.721. The van der Waals surface area contributed by atoms with Crippen molar-refractivity contribution in [3.63, 3.8) is 0 Å². The average Bonchev–Trinajstić information content (AvgIpc) is 2.01. The molecule has 0 saturated heterocycles. The van der Waals surface area contributed by atoms with Crippen molar-refractivity contribution in [2.24, 2.45) is 0 Å². The number of aromatic nitrogens is 2.